The van der Waals surface area contributed by atoms with Crippen LogP contribution in [0.25, 0.3) is 0 Å². The van der Waals surface area contributed by atoms with Gasteiger partial charge in [-0.15, -0.1) is 0 Å². The van der Waals surface area contributed by atoms with Crippen LogP contribution >= 0.6 is 0 Å². The monoisotopic (exact) mass is 436 g/mol. The summed E-state index contributed by atoms with van der Waals surface area (Å²) in [4.78, 5) is 12.7. The van der Waals surface area contributed by atoms with Crippen molar-refractivity contribution in [2.24, 2.45) is 5.92 Å². The molecule has 3 atom stereocenters. The maximum Gasteiger partial charge on any atom is 0.241 e. The number of nitriles is 1. The molecule has 4 rings (SSSR count). The molecule has 2 aromatic carbocycles. The lowest BCUT2D eigenvalue weighted by molar-refractivity contribution is -0.118. The Morgan fingerprint density at radius 1 is 1.28 bits per heavy atom. The van der Waals surface area contributed by atoms with Crippen LogP contribution in [-0.2, 0) is 9.53 Å². The van der Waals surface area contributed by atoms with Gasteiger partial charge in [0.1, 0.15) is 5.82 Å². The molecule has 2 fully saturated rings. The summed E-state index contributed by atoms with van der Waals surface area (Å²) in [7, 11) is 0. The quantitative estimate of drug-likeness (QED) is 0.560. The highest BCUT2D eigenvalue weighted by Crippen LogP contribution is 2.31. The smallest absolute Gasteiger partial charge is 0.241 e. The molecule has 0 aromatic heterocycles. The van der Waals surface area contributed by atoms with Gasteiger partial charge in [0.15, 0.2) is 0 Å². The molecule has 32 heavy (non-hydrogen) atoms. The van der Waals surface area contributed by atoms with E-state index in [9.17, 15) is 14.4 Å². The van der Waals surface area contributed by atoms with E-state index in [4.69, 9.17) is 4.74 Å². The molecule has 0 bridgehead atoms. The average molecular weight is 437 g/mol. The van der Waals surface area contributed by atoms with Crippen molar-refractivity contribution in [2.45, 2.75) is 44.4 Å². The van der Waals surface area contributed by atoms with Gasteiger partial charge in [0.2, 0.25) is 5.91 Å². The molecule has 0 spiro atoms. The maximum absolute atomic E-state index is 14.6. The Balaban J connectivity index is 1.54. The van der Waals surface area contributed by atoms with E-state index >= 15 is 0 Å². The third kappa shape index (κ3) is 5.52. The molecule has 1 heterocycles. The van der Waals surface area contributed by atoms with E-state index in [1.807, 2.05) is 25.1 Å². The summed E-state index contributed by atoms with van der Waals surface area (Å²) in [5.74, 6) is -0.0895. The van der Waals surface area contributed by atoms with Gasteiger partial charge in [0.25, 0.3) is 0 Å². The highest BCUT2D eigenvalue weighted by atomic mass is 19.1. The van der Waals surface area contributed by atoms with E-state index < -0.39 is 11.9 Å². The number of amides is 1. The Morgan fingerprint density at radius 3 is 2.84 bits per heavy atom. The third-order valence-electron chi connectivity index (χ3n) is 6.05. The summed E-state index contributed by atoms with van der Waals surface area (Å²) in [6, 6.07) is 13.8. The van der Waals surface area contributed by atoms with Gasteiger partial charge in [-0.3, -0.25) is 4.79 Å². The molecule has 168 valence electrons. The molecule has 0 radical (unpaired) electrons. The molecule has 0 unspecified atom stereocenters. The molecule has 1 aliphatic carbocycles. The summed E-state index contributed by atoms with van der Waals surface area (Å²) in [6.45, 7) is 3.98. The van der Waals surface area contributed by atoms with Crippen molar-refractivity contribution in [3.05, 3.63) is 65.0 Å². The zero-order valence-electron chi connectivity index (χ0n) is 18.2. The molecule has 1 amide bonds. The predicted molar refractivity (Wildman–Crippen MR) is 121 cm³/mol. The molecule has 1 aliphatic heterocycles. The van der Waals surface area contributed by atoms with Crippen LogP contribution in [0.4, 0.5) is 10.1 Å². The van der Waals surface area contributed by atoms with E-state index in [2.05, 4.69) is 22.0 Å². The summed E-state index contributed by atoms with van der Waals surface area (Å²) in [6.07, 6.45) is 2.97. The molecule has 6 nitrogen and oxygen atoms in total. The minimum Gasteiger partial charge on any atom is -0.377 e. The lowest BCUT2D eigenvalue weighted by Crippen LogP contribution is -2.35. The van der Waals surface area contributed by atoms with Gasteiger partial charge in [-0.25, -0.2) is 4.39 Å². The molecule has 1 saturated carbocycles. The molecular weight excluding hydrogens is 407 g/mol. The number of carbonyl (C=O) groups excluding carboxylic acids is 1. The van der Waals surface area contributed by atoms with Crippen molar-refractivity contribution in [3.63, 3.8) is 0 Å². The number of carbonyl (C=O) groups is 1. The average Bonchev–Trinajstić information content (AvgIpc) is 3.51. The van der Waals surface area contributed by atoms with E-state index in [0.29, 0.717) is 31.1 Å². The molecule has 2 aliphatic rings. The number of rotatable bonds is 9. The van der Waals surface area contributed by atoms with Crippen molar-refractivity contribution < 1.29 is 13.9 Å². The predicted octanol–water partition coefficient (Wildman–Crippen LogP) is 3.49. The number of ether oxygens (including phenoxy) is 1. The van der Waals surface area contributed by atoms with Crippen LogP contribution in [0.2, 0.25) is 0 Å². The van der Waals surface area contributed by atoms with Crippen LogP contribution in [0, 0.1) is 23.1 Å². The van der Waals surface area contributed by atoms with Crippen LogP contribution in [0.5, 0.6) is 0 Å². The Morgan fingerprint density at radius 2 is 2.09 bits per heavy atom. The van der Waals surface area contributed by atoms with Crippen molar-refractivity contribution >= 4 is 11.6 Å². The van der Waals surface area contributed by atoms with Crippen LogP contribution in [0.1, 0.15) is 48.9 Å². The maximum atomic E-state index is 14.6. The second-order valence-corrected chi connectivity index (χ2v) is 8.52. The van der Waals surface area contributed by atoms with Gasteiger partial charge >= 0.3 is 0 Å². The summed E-state index contributed by atoms with van der Waals surface area (Å²) in [5, 5.41) is 18.8. The zero-order chi connectivity index (χ0) is 22.5. The van der Waals surface area contributed by atoms with Gasteiger partial charge in [-0.05, 0) is 74.0 Å². The van der Waals surface area contributed by atoms with Crippen LogP contribution in [0.3, 0.4) is 0 Å². The first-order valence-electron chi connectivity index (χ1n) is 11.3. The number of hydrogen-bond acceptors (Lipinski definition) is 5. The Bertz CT molecular complexity index is 1000. The van der Waals surface area contributed by atoms with Crippen LogP contribution < -0.4 is 16.0 Å². The first-order valence-corrected chi connectivity index (χ1v) is 11.3. The molecular formula is C25H29FN4O2. The first kappa shape index (κ1) is 22.4. The van der Waals surface area contributed by atoms with Gasteiger partial charge in [0.05, 0.1) is 35.5 Å². The third-order valence-corrected chi connectivity index (χ3v) is 6.05. The summed E-state index contributed by atoms with van der Waals surface area (Å²) >= 11 is 0. The van der Waals surface area contributed by atoms with E-state index in [1.165, 1.54) is 18.9 Å². The van der Waals surface area contributed by atoms with Crippen LogP contribution in [0.15, 0.2) is 42.5 Å². The van der Waals surface area contributed by atoms with Crippen LogP contribution in [-0.4, -0.2) is 37.7 Å². The largest absolute Gasteiger partial charge is 0.377 e. The fourth-order valence-electron chi connectivity index (χ4n) is 4.13. The number of anilines is 1. The molecule has 7 heteroatoms. The second-order valence-electron chi connectivity index (χ2n) is 8.52. The molecule has 3 N–H and O–H groups in total. The van der Waals surface area contributed by atoms with Crippen molar-refractivity contribution in [1.29, 1.82) is 5.26 Å². The number of hydrogen-bond donors (Lipinski definition) is 3. The Labute approximate surface area is 188 Å². The lowest BCUT2D eigenvalue weighted by Gasteiger charge is -2.21. The van der Waals surface area contributed by atoms with Gasteiger partial charge < -0.3 is 20.7 Å². The summed E-state index contributed by atoms with van der Waals surface area (Å²) < 4.78 is 20.2. The van der Waals surface area contributed by atoms with Crippen molar-refractivity contribution in [2.75, 3.05) is 25.0 Å². The Hall–Kier alpha value is -2.79. The van der Waals surface area contributed by atoms with E-state index in [-0.39, 0.29) is 23.7 Å². The standard InChI is InChI=1S/C25H29FN4O2/c1-2-32-20-12-23(28-15-20)25(31)30-22-11-19(8-9-21(22)26)24(29-14-16-6-7-16)18-5-3-4-17(10-18)13-27/h3-5,8-11,16,20,23-24,28-29H,2,6-7,12,14-15H2,1H3,(H,30,31)/t20-,23-,24-/m1/s1. The van der Waals surface area contributed by atoms with Crippen molar-refractivity contribution in [1.82, 2.24) is 10.6 Å². The second kappa shape index (κ2) is 10.2. The Kier molecular flexibility index (Phi) is 7.15. The number of nitrogens with zero attached hydrogens (tertiary/aromatic N) is 1. The summed E-state index contributed by atoms with van der Waals surface area (Å²) in [5.41, 5.74) is 2.51. The van der Waals surface area contributed by atoms with Gasteiger partial charge in [-0.1, -0.05) is 18.2 Å². The van der Waals surface area contributed by atoms with Gasteiger partial charge in [0, 0.05) is 13.2 Å². The van der Waals surface area contributed by atoms with E-state index in [1.54, 1.807) is 18.2 Å². The number of halogens is 1. The molecule has 2 aromatic rings. The number of nitrogens with one attached hydrogen (secondary N) is 3. The zero-order valence-corrected chi connectivity index (χ0v) is 18.2. The van der Waals surface area contributed by atoms with E-state index in [0.717, 1.165) is 17.7 Å². The first-order chi connectivity index (χ1) is 15.6. The fraction of sp³-hybridized carbons (Fsp3) is 0.440. The topological polar surface area (TPSA) is 86.2 Å². The lowest BCUT2D eigenvalue weighted by atomic mass is 9.96. The fourth-order valence-corrected chi connectivity index (χ4v) is 4.13. The highest BCUT2D eigenvalue weighted by molar-refractivity contribution is 5.95. The molecule has 1 saturated heterocycles. The minimum absolute atomic E-state index is 0.00431. The SMILES string of the molecule is CCO[C@H]1CN[C@@H](C(=O)Nc2cc([C@H](NCC3CC3)c3cccc(C#N)c3)ccc2F)C1. The minimum atomic E-state index is -0.479. The van der Waals surface area contributed by atoms with Crippen molar-refractivity contribution in [3.8, 4) is 6.07 Å². The van der Waals surface area contributed by atoms with Gasteiger partial charge in [-0.2, -0.15) is 5.26 Å². The number of benzene rings is 2. The normalized spacial score (nSPS) is 21.2. The highest BCUT2D eigenvalue weighted by Gasteiger charge is 2.30.